The Hall–Kier alpha value is -0.0800. The molecule has 0 spiro atoms. The van der Waals surface area contributed by atoms with Crippen LogP contribution in [0.5, 0.6) is 0 Å². The lowest BCUT2D eigenvalue weighted by molar-refractivity contribution is 0.244. The summed E-state index contributed by atoms with van der Waals surface area (Å²) in [6.45, 7) is 13.0. The maximum absolute atomic E-state index is 3.67. The number of nitrogens with zero attached hydrogens (tertiary/aromatic N) is 1. The molecule has 2 unspecified atom stereocenters. The third-order valence-electron chi connectivity index (χ3n) is 4.04. The zero-order chi connectivity index (χ0) is 12.7. The van der Waals surface area contributed by atoms with Crippen LogP contribution in [-0.4, -0.2) is 36.6 Å². The topological polar surface area (TPSA) is 15.3 Å². The van der Waals surface area contributed by atoms with E-state index < -0.39 is 0 Å². The fraction of sp³-hybridized carbons (Fsp3) is 1.00. The van der Waals surface area contributed by atoms with E-state index >= 15 is 0 Å². The highest BCUT2D eigenvalue weighted by molar-refractivity contribution is 4.78. The van der Waals surface area contributed by atoms with E-state index in [0.717, 1.165) is 18.5 Å². The number of hydrogen-bond acceptors (Lipinski definition) is 2. The number of hydrogen-bond donors (Lipinski definition) is 1. The van der Waals surface area contributed by atoms with Crippen LogP contribution in [0.25, 0.3) is 0 Å². The van der Waals surface area contributed by atoms with Crippen LogP contribution >= 0.6 is 0 Å². The summed E-state index contributed by atoms with van der Waals surface area (Å²) in [6, 6.07) is 1.54. The average Bonchev–Trinajstić information content (AvgIpc) is 2.74. The maximum Gasteiger partial charge on any atom is 0.0110 e. The molecule has 0 radical (unpaired) electrons. The first-order valence-corrected chi connectivity index (χ1v) is 7.61. The summed E-state index contributed by atoms with van der Waals surface area (Å²) >= 11 is 0. The maximum atomic E-state index is 3.67. The van der Waals surface area contributed by atoms with Gasteiger partial charge in [-0.2, -0.15) is 0 Å². The van der Waals surface area contributed by atoms with Gasteiger partial charge in [0.1, 0.15) is 0 Å². The molecule has 0 aliphatic carbocycles. The van der Waals surface area contributed by atoms with E-state index in [2.05, 4.69) is 37.9 Å². The van der Waals surface area contributed by atoms with Crippen molar-refractivity contribution in [2.75, 3.05) is 19.6 Å². The lowest BCUT2D eigenvalue weighted by Gasteiger charge is -2.24. The van der Waals surface area contributed by atoms with Gasteiger partial charge in [-0.05, 0) is 51.5 Å². The zero-order valence-electron chi connectivity index (χ0n) is 12.3. The van der Waals surface area contributed by atoms with Crippen molar-refractivity contribution >= 4 is 0 Å². The van der Waals surface area contributed by atoms with Gasteiger partial charge in [0.2, 0.25) is 0 Å². The third-order valence-corrected chi connectivity index (χ3v) is 4.04. The second-order valence-electron chi connectivity index (χ2n) is 6.07. The first kappa shape index (κ1) is 15.0. The summed E-state index contributed by atoms with van der Waals surface area (Å²) in [5.74, 6) is 0.835. The van der Waals surface area contributed by atoms with Crippen molar-refractivity contribution in [3.8, 4) is 0 Å². The summed E-state index contributed by atoms with van der Waals surface area (Å²) in [5.41, 5.74) is 0. The molecule has 1 fully saturated rings. The van der Waals surface area contributed by atoms with Gasteiger partial charge in [-0.15, -0.1) is 0 Å². The summed E-state index contributed by atoms with van der Waals surface area (Å²) in [6.07, 6.45) is 6.80. The van der Waals surface area contributed by atoms with E-state index in [1.54, 1.807) is 0 Å². The minimum atomic E-state index is 0.681. The summed E-state index contributed by atoms with van der Waals surface area (Å²) < 4.78 is 0. The van der Waals surface area contributed by atoms with E-state index in [9.17, 15) is 0 Å². The largest absolute Gasteiger partial charge is 0.313 e. The average molecular weight is 240 g/mol. The minimum Gasteiger partial charge on any atom is -0.313 e. The van der Waals surface area contributed by atoms with Crippen LogP contribution in [0.15, 0.2) is 0 Å². The Balaban J connectivity index is 2.06. The fourth-order valence-electron chi connectivity index (χ4n) is 2.79. The van der Waals surface area contributed by atoms with Gasteiger partial charge in [0.25, 0.3) is 0 Å². The van der Waals surface area contributed by atoms with Gasteiger partial charge in [-0.1, -0.05) is 20.8 Å². The normalized spacial score (nSPS) is 23.5. The molecule has 2 nitrogen and oxygen atoms in total. The number of likely N-dealkylation sites (tertiary alicyclic amines) is 1. The molecule has 0 saturated carbocycles. The van der Waals surface area contributed by atoms with Crippen molar-refractivity contribution in [1.29, 1.82) is 0 Å². The number of rotatable bonds is 8. The van der Waals surface area contributed by atoms with Gasteiger partial charge in [0.15, 0.2) is 0 Å². The molecule has 2 atom stereocenters. The van der Waals surface area contributed by atoms with E-state index in [1.165, 1.54) is 45.2 Å². The summed E-state index contributed by atoms with van der Waals surface area (Å²) in [7, 11) is 0. The molecular weight excluding hydrogens is 208 g/mol. The highest BCUT2D eigenvalue weighted by Crippen LogP contribution is 2.18. The predicted molar refractivity (Wildman–Crippen MR) is 76.4 cm³/mol. The monoisotopic (exact) mass is 240 g/mol. The highest BCUT2D eigenvalue weighted by Gasteiger charge is 2.21. The van der Waals surface area contributed by atoms with E-state index in [0.29, 0.717) is 6.04 Å². The van der Waals surface area contributed by atoms with Crippen LogP contribution in [-0.2, 0) is 0 Å². The molecule has 0 amide bonds. The van der Waals surface area contributed by atoms with Crippen molar-refractivity contribution in [2.24, 2.45) is 5.92 Å². The second-order valence-corrected chi connectivity index (χ2v) is 6.07. The smallest absolute Gasteiger partial charge is 0.0110 e. The van der Waals surface area contributed by atoms with E-state index in [-0.39, 0.29) is 0 Å². The van der Waals surface area contributed by atoms with Crippen LogP contribution in [0, 0.1) is 5.92 Å². The van der Waals surface area contributed by atoms with Crippen LogP contribution < -0.4 is 5.32 Å². The molecule has 0 aromatic heterocycles. The molecule has 1 N–H and O–H groups in total. The molecule has 17 heavy (non-hydrogen) atoms. The molecule has 1 aliphatic heterocycles. The Morgan fingerprint density at radius 1 is 1.24 bits per heavy atom. The molecule has 1 heterocycles. The van der Waals surface area contributed by atoms with Crippen molar-refractivity contribution < 1.29 is 0 Å². The van der Waals surface area contributed by atoms with E-state index in [1.807, 2.05) is 0 Å². The third kappa shape index (κ3) is 5.87. The van der Waals surface area contributed by atoms with Crippen molar-refractivity contribution in [1.82, 2.24) is 10.2 Å². The summed E-state index contributed by atoms with van der Waals surface area (Å²) in [5, 5.41) is 3.67. The van der Waals surface area contributed by atoms with Gasteiger partial charge in [0, 0.05) is 25.2 Å². The Morgan fingerprint density at radius 3 is 2.65 bits per heavy atom. The van der Waals surface area contributed by atoms with Gasteiger partial charge >= 0.3 is 0 Å². The van der Waals surface area contributed by atoms with Crippen LogP contribution in [0.1, 0.15) is 59.8 Å². The first-order chi connectivity index (χ1) is 8.13. The van der Waals surface area contributed by atoms with Crippen molar-refractivity contribution in [2.45, 2.75) is 71.9 Å². The summed E-state index contributed by atoms with van der Waals surface area (Å²) in [4.78, 5) is 2.67. The lowest BCUT2D eigenvalue weighted by Crippen LogP contribution is -2.38. The Labute approximate surface area is 108 Å². The van der Waals surface area contributed by atoms with Crippen LogP contribution in [0.2, 0.25) is 0 Å². The second kappa shape index (κ2) is 8.10. The molecule has 1 saturated heterocycles. The highest BCUT2D eigenvalue weighted by atomic mass is 15.2. The lowest BCUT2D eigenvalue weighted by atomic mass is 10.0. The molecule has 1 rings (SSSR count). The molecule has 2 heteroatoms. The van der Waals surface area contributed by atoms with Crippen molar-refractivity contribution in [3.63, 3.8) is 0 Å². The molecule has 1 aliphatic rings. The molecule has 0 bridgehead atoms. The molecule has 0 aromatic rings. The van der Waals surface area contributed by atoms with Gasteiger partial charge in [0.05, 0.1) is 0 Å². The Kier molecular flexibility index (Phi) is 7.14. The molecule has 0 aromatic carbocycles. The SMILES string of the molecule is CCC1CCCN1CCNC(C)CCC(C)C. The standard InChI is InChI=1S/C15H32N2/c1-5-15-7-6-11-17(15)12-10-16-14(4)9-8-13(2)3/h13-16H,5-12H2,1-4H3. The minimum absolute atomic E-state index is 0.681. The first-order valence-electron chi connectivity index (χ1n) is 7.61. The van der Waals surface area contributed by atoms with Crippen LogP contribution in [0.4, 0.5) is 0 Å². The van der Waals surface area contributed by atoms with Crippen LogP contribution in [0.3, 0.4) is 0 Å². The van der Waals surface area contributed by atoms with Gasteiger partial charge < -0.3 is 5.32 Å². The van der Waals surface area contributed by atoms with Gasteiger partial charge in [-0.3, -0.25) is 4.90 Å². The Morgan fingerprint density at radius 2 is 2.00 bits per heavy atom. The van der Waals surface area contributed by atoms with Gasteiger partial charge in [-0.25, -0.2) is 0 Å². The fourth-order valence-corrected chi connectivity index (χ4v) is 2.79. The van der Waals surface area contributed by atoms with E-state index in [4.69, 9.17) is 0 Å². The number of nitrogens with one attached hydrogen (secondary N) is 1. The Bertz CT molecular complexity index is 191. The molecule has 102 valence electrons. The molecular formula is C15H32N2. The zero-order valence-corrected chi connectivity index (χ0v) is 12.3. The quantitative estimate of drug-likeness (QED) is 0.700. The predicted octanol–water partition coefficient (Wildman–Crippen LogP) is 3.28. The van der Waals surface area contributed by atoms with Crippen molar-refractivity contribution in [3.05, 3.63) is 0 Å².